The van der Waals surface area contributed by atoms with Crippen LogP contribution in [0.15, 0.2) is 48.8 Å². The molecule has 6 nitrogen and oxygen atoms in total. The van der Waals surface area contributed by atoms with Crippen LogP contribution < -0.4 is 10.0 Å². The molecule has 0 aliphatic carbocycles. The topological polar surface area (TPSA) is 88.2 Å². The van der Waals surface area contributed by atoms with Crippen molar-refractivity contribution in [1.82, 2.24) is 9.71 Å². The minimum absolute atomic E-state index is 0.270. The molecule has 21 heavy (non-hydrogen) atoms. The normalized spacial score (nSPS) is 10.9. The number of aromatic nitrogens is 1. The van der Waals surface area contributed by atoms with Crippen molar-refractivity contribution in [1.29, 1.82) is 0 Å². The van der Waals surface area contributed by atoms with Gasteiger partial charge in [-0.2, -0.15) is 0 Å². The molecule has 0 aliphatic rings. The second kappa shape index (κ2) is 6.36. The van der Waals surface area contributed by atoms with E-state index in [0.717, 1.165) is 11.8 Å². The quantitative estimate of drug-likeness (QED) is 0.871. The molecule has 0 saturated heterocycles. The smallest absolute Gasteiger partial charge is 0.266 e. The summed E-state index contributed by atoms with van der Waals surface area (Å²) in [5, 5.41) is 3.10. The molecule has 0 fully saturated rings. The van der Waals surface area contributed by atoms with Crippen LogP contribution in [-0.2, 0) is 16.6 Å². The fourth-order valence-corrected chi connectivity index (χ4v) is 2.21. The van der Waals surface area contributed by atoms with E-state index in [1.807, 2.05) is 16.9 Å². The third-order valence-corrected chi connectivity index (χ3v) is 3.21. The van der Waals surface area contributed by atoms with Crippen LogP contribution in [0.5, 0.6) is 0 Å². The van der Waals surface area contributed by atoms with Crippen molar-refractivity contribution in [2.24, 2.45) is 0 Å². The van der Waals surface area contributed by atoms with E-state index in [0.29, 0.717) is 12.2 Å². The maximum Gasteiger partial charge on any atom is 0.266 e. The molecular weight excluding hydrogens is 290 g/mol. The Labute approximate surface area is 123 Å². The van der Waals surface area contributed by atoms with E-state index < -0.39 is 15.9 Å². The van der Waals surface area contributed by atoms with E-state index >= 15 is 0 Å². The number of hydrogen-bond donors (Lipinski definition) is 2. The summed E-state index contributed by atoms with van der Waals surface area (Å²) < 4.78 is 24.2. The average molecular weight is 305 g/mol. The van der Waals surface area contributed by atoms with Crippen molar-refractivity contribution >= 4 is 21.6 Å². The molecule has 110 valence electrons. The predicted octanol–water partition coefficient (Wildman–Crippen LogP) is 1.38. The number of sulfonamides is 1. The molecule has 1 aromatic carbocycles. The van der Waals surface area contributed by atoms with Gasteiger partial charge in [0.15, 0.2) is 0 Å². The summed E-state index contributed by atoms with van der Waals surface area (Å²) in [6, 6.07) is 10.4. The van der Waals surface area contributed by atoms with Crippen LogP contribution in [0, 0.1) is 0 Å². The largest absolute Gasteiger partial charge is 0.380 e. The number of nitrogens with one attached hydrogen (secondary N) is 2. The highest BCUT2D eigenvalue weighted by molar-refractivity contribution is 7.89. The van der Waals surface area contributed by atoms with Gasteiger partial charge in [0.05, 0.1) is 11.8 Å². The molecule has 0 atom stereocenters. The van der Waals surface area contributed by atoms with E-state index in [2.05, 4.69) is 10.3 Å². The molecule has 0 spiro atoms. The highest BCUT2D eigenvalue weighted by Crippen LogP contribution is 2.16. The van der Waals surface area contributed by atoms with Crippen LogP contribution in [0.3, 0.4) is 0 Å². The Hall–Kier alpha value is -2.41. The fourth-order valence-electron chi connectivity index (χ4n) is 1.76. The van der Waals surface area contributed by atoms with E-state index in [9.17, 15) is 13.2 Å². The first kappa shape index (κ1) is 15.0. The minimum atomic E-state index is -3.59. The zero-order chi connectivity index (χ0) is 15.3. The average Bonchev–Trinajstić information content (AvgIpc) is 2.45. The molecule has 1 heterocycles. The molecule has 1 amide bonds. The van der Waals surface area contributed by atoms with E-state index in [1.165, 1.54) is 0 Å². The van der Waals surface area contributed by atoms with E-state index in [1.54, 1.807) is 36.7 Å². The summed E-state index contributed by atoms with van der Waals surface area (Å²) in [6.45, 7) is 0.483. The highest BCUT2D eigenvalue weighted by atomic mass is 32.2. The SMILES string of the molecule is CS(=O)(=O)NC(=O)c1ccccc1NCc1cccnc1. The third kappa shape index (κ3) is 4.57. The van der Waals surface area contributed by atoms with Gasteiger partial charge in [-0.1, -0.05) is 18.2 Å². The molecule has 0 unspecified atom stereocenters. The Morgan fingerprint density at radius 2 is 1.95 bits per heavy atom. The number of para-hydroxylation sites is 1. The Bertz CT molecular complexity index is 730. The van der Waals surface area contributed by atoms with Gasteiger partial charge in [-0.25, -0.2) is 13.1 Å². The monoisotopic (exact) mass is 305 g/mol. The van der Waals surface area contributed by atoms with Crippen LogP contribution >= 0.6 is 0 Å². The van der Waals surface area contributed by atoms with Crippen molar-refractivity contribution in [3.8, 4) is 0 Å². The Balaban J connectivity index is 2.15. The van der Waals surface area contributed by atoms with Crippen molar-refractivity contribution in [2.75, 3.05) is 11.6 Å². The Morgan fingerprint density at radius 3 is 2.62 bits per heavy atom. The van der Waals surface area contributed by atoms with Gasteiger partial charge in [0.2, 0.25) is 10.0 Å². The number of anilines is 1. The van der Waals surface area contributed by atoms with Gasteiger partial charge in [-0.15, -0.1) is 0 Å². The number of nitrogens with zero attached hydrogens (tertiary/aromatic N) is 1. The van der Waals surface area contributed by atoms with Crippen LogP contribution in [0.1, 0.15) is 15.9 Å². The van der Waals surface area contributed by atoms with Gasteiger partial charge in [-0.3, -0.25) is 9.78 Å². The zero-order valence-electron chi connectivity index (χ0n) is 11.4. The number of pyridine rings is 1. The Kier molecular flexibility index (Phi) is 4.54. The van der Waals surface area contributed by atoms with Gasteiger partial charge in [0.1, 0.15) is 0 Å². The lowest BCUT2D eigenvalue weighted by molar-refractivity contribution is 0.0982. The summed E-state index contributed by atoms with van der Waals surface area (Å²) in [6.07, 6.45) is 4.33. The first-order chi connectivity index (χ1) is 9.96. The summed E-state index contributed by atoms with van der Waals surface area (Å²) in [7, 11) is -3.59. The second-order valence-corrected chi connectivity index (χ2v) is 6.21. The summed E-state index contributed by atoms with van der Waals surface area (Å²) >= 11 is 0. The second-order valence-electron chi connectivity index (χ2n) is 4.46. The summed E-state index contributed by atoms with van der Waals surface area (Å²) in [5.41, 5.74) is 1.78. The molecule has 2 N–H and O–H groups in total. The molecule has 2 rings (SSSR count). The van der Waals surface area contributed by atoms with Gasteiger partial charge in [-0.05, 0) is 23.8 Å². The van der Waals surface area contributed by atoms with Gasteiger partial charge in [0, 0.05) is 24.6 Å². The lowest BCUT2D eigenvalue weighted by atomic mass is 10.1. The van der Waals surface area contributed by atoms with Crippen LogP contribution in [0.4, 0.5) is 5.69 Å². The standard InChI is InChI=1S/C14H15N3O3S/c1-21(19,20)17-14(18)12-6-2-3-7-13(12)16-10-11-5-4-8-15-9-11/h2-9,16H,10H2,1H3,(H,17,18). The predicted molar refractivity (Wildman–Crippen MR) is 80.3 cm³/mol. The number of carbonyl (C=O) groups excluding carboxylic acids is 1. The highest BCUT2D eigenvalue weighted by Gasteiger charge is 2.14. The number of amides is 1. The van der Waals surface area contributed by atoms with E-state index in [-0.39, 0.29) is 5.56 Å². The molecule has 0 radical (unpaired) electrons. The lowest BCUT2D eigenvalue weighted by Crippen LogP contribution is -2.29. The maximum atomic E-state index is 11.9. The van der Waals surface area contributed by atoms with Gasteiger partial charge < -0.3 is 5.32 Å². The molecule has 0 bridgehead atoms. The number of carbonyl (C=O) groups is 1. The Morgan fingerprint density at radius 1 is 1.19 bits per heavy atom. The number of hydrogen-bond acceptors (Lipinski definition) is 5. The molecule has 0 aliphatic heterocycles. The summed E-state index contributed by atoms with van der Waals surface area (Å²) in [5.74, 6) is -0.660. The van der Waals surface area contributed by atoms with Crippen LogP contribution in [-0.4, -0.2) is 25.6 Å². The van der Waals surface area contributed by atoms with Gasteiger partial charge >= 0.3 is 0 Å². The molecular formula is C14H15N3O3S. The third-order valence-electron chi connectivity index (χ3n) is 2.66. The molecule has 0 saturated carbocycles. The lowest BCUT2D eigenvalue weighted by Gasteiger charge is -2.11. The van der Waals surface area contributed by atoms with Crippen molar-refractivity contribution in [3.05, 3.63) is 59.9 Å². The van der Waals surface area contributed by atoms with Crippen LogP contribution in [0.2, 0.25) is 0 Å². The van der Waals surface area contributed by atoms with Crippen LogP contribution in [0.25, 0.3) is 0 Å². The molecule has 2 aromatic rings. The molecule has 7 heteroatoms. The minimum Gasteiger partial charge on any atom is -0.380 e. The van der Waals surface area contributed by atoms with Crippen molar-refractivity contribution in [2.45, 2.75) is 6.54 Å². The van der Waals surface area contributed by atoms with Crippen molar-refractivity contribution < 1.29 is 13.2 Å². The zero-order valence-corrected chi connectivity index (χ0v) is 12.2. The molecule has 1 aromatic heterocycles. The first-order valence-electron chi connectivity index (χ1n) is 6.19. The fraction of sp³-hybridized carbons (Fsp3) is 0.143. The van der Waals surface area contributed by atoms with E-state index in [4.69, 9.17) is 0 Å². The summed E-state index contributed by atoms with van der Waals surface area (Å²) in [4.78, 5) is 16.0. The van der Waals surface area contributed by atoms with Gasteiger partial charge in [0.25, 0.3) is 5.91 Å². The number of rotatable bonds is 5. The maximum absolute atomic E-state index is 11.9. The number of benzene rings is 1. The van der Waals surface area contributed by atoms with Crippen molar-refractivity contribution in [3.63, 3.8) is 0 Å². The first-order valence-corrected chi connectivity index (χ1v) is 8.09.